The maximum atomic E-state index is 10.6. The van der Waals surface area contributed by atoms with E-state index in [1.807, 2.05) is 0 Å². The average Bonchev–Trinajstić information content (AvgIpc) is 2.07. The van der Waals surface area contributed by atoms with Gasteiger partial charge in [-0.25, -0.2) is 4.98 Å². The summed E-state index contributed by atoms with van der Waals surface area (Å²) in [5, 5.41) is 0.647. The van der Waals surface area contributed by atoms with E-state index in [2.05, 4.69) is 4.98 Å². The lowest BCUT2D eigenvalue weighted by Gasteiger charge is -1.95. The lowest BCUT2D eigenvalue weighted by Crippen LogP contribution is -1.82. The Labute approximate surface area is 86.2 Å². The summed E-state index contributed by atoms with van der Waals surface area (Å²) >= 11 is 11.3. The molecule has 0 saturated heterocycles. The van der Waals surface area contributed by atoms with Gasteiger partial charge in [-0.1, -0.05) is 23.2 Å². The molecule has 1 heterocycles. The number of hydrogen-bond donors (Lipinski definition) is 0. The summed E-state index contributed by atoms with van der Waals surface area (Å²) < 4.78 is 0. The molecule has 0 aromatic carbocycles. The van der Waals surface area contributed by atoms with Crippen molar-refractivity contribution in [2.24, 2.45) is 0 Å². The van der Waals surface area contributed by atoms with Crippen molar-refractivity contribution in [3.8, 4) is 0 Å². The van der Waals surface area contributed by atoms with Gasteiger partial charge < -0.3 is 0 Å². The number of halogens is 2. The molecule has 0 bridgehead atoms. The summed E-state index contributed by atoms with van der Waals surface area (Å²) in [6.45, 7) is 1.47. The van der Waals surface area contributed by atoms with E-state index in [9.17, 15) is 4.79 Å². The highest BCUT2D eigenvalue weighted by Gasteiger charge is 1.97. The summed E-state index contributed by atoms with van der Waals surface area (Å²) in [6.07, 6.45) is 4.63. The van der Waals surface area contributed by atoms with Crippen LogP contribution in [0.3, 0.4) is 0 Å². The van der Waals surface area contributed by atoms with E-state index < -0.39 is 0 Å². The maximum absolute atomic E-state index is 10.6. The van der Waals surface area contributed by atoms with Crippen molar-refractivity contribution in [3.05, 3.63) is 34.1 Å². The number of carbonyl (C=O) groups excluding carboxylic acids is 1. The second kappa shape index (κ2) is 4.40. The van der Waals surface area contributed by atoms with Crippen LogP contribution in [-0.4, -0.2) is 10.8 Å². The Bertz CT molecular complexity index is 361. The molecule has 1 aromatic rings. The van der Waals surface area contributed by atoms with E-state index >= 15 is 0 Å². The lowest BCUT2D eigenvalue weighted by molar-refractivity contribution is -0.112. The van der Waals surface area contributed by atoms with Gasteiger partial charge >= 0.3 is 0 Å². The molecule has 13 heavy (non-hydrogen) atoms. The van der Waals surface area contributed by atoms with Gasteiger partial charge in [0.2, 0.25) is 0 Å². The second-order valence-electron chi connectivity index (χ2n) is 2.49. The molecule has 0 fully saturated rings. The minimum absolute atomic E-state index is 0.0222. The fraction of sp³-hybridized carbons (Fsp3) is 0.111. The third-order valence-corrected chi connectivity index (χ3v) is 2.01. The number of carbonyl (C=O) groups is 1. The first-order valence-electron chi connectivity index (χ1n) is 3.59. The summed E-state index contributed by atoms with van der Waals surface area (Å²) in [5.74, 6) is -0.0222. The SMILES string of the molecule is CC(=O)/C=C/c1cnc(Cl)c(Cl)c1. The molecule has 0 amide bonds. The quantitative estimate of drug-likeness (QED) is 0.561. The molecular weight excluding hydrogens is 209 g/mol. The Morgan fingerprint density at radius 3 is 2.77 bits per heavy atom. The van der Waals surface area contributed by atoms with Gasteiger partial charge in [-0.3, -0.25) is 4.79 Å². The van der Waals surface area contributed by atoms with Crippen LogP contribution in [0.1, 0.15) is 12.5 Å². The Balaban J connectivity index is 2.92. The first kappa shape index (κ1) is 10.2. The minimum Gasteiger partial charge on any atom is -0.295 e. The normalized spacial score (nSPS) is 10.7. The zero-order valence-electron chi connectivity index (χ0n) is 6.92. The third-order valence-electron chi connectivity index (χ3n) is 1.33. The number of pyridine rings is 1. The van der Waals surface area contributed by atoms with Crippen molar-refractivity contribution in [2.75, 3.05) is 0 Å². The standard InChI is InChI=1S/C9H7Cl2NO/c1-6(13)2-3-7-4-8(10)9(11)12-5-7/h2-5H,1H3/b3-2+. The van der Waals surface area contributed by atoms with Crippen LogP contribution in [0.15, 0.2) is 18.3 Å². The third kappa shape index (κ3) is 3.17. The van der Waals surface area contributed by atoms with Gasteiger partial charge in [0.25, 0.3) is 0 Å². The van der Waals surface area contributed by atoms with E-state index in [1.54, 1.807) is 18.3 Å². The van der Waals surface area contributed by atoms with Gasteiger partial charge in [0, 0.05) is 6.20 Å². The van der Waals surface area contributed by atoms with Crippen molar-refractivity contribution >= 4 is 35.1 Å². The molecule has 4 heteroatoms. The fourth-order valence-corrected chi connectivity index (χ4v) is 1.02. The predicted octanol–water partition coefficient (Wildman–Crippen LogP) is 2.99. The van der Waals surface area contributed by atoms with Crippen LogP contribution in [0.5, 0.6) is 0 Å². The number of rotatable bonds is 2. The Morgan fingerprint density at radius 1 is 1.54 bits per heavy atom. The van der Waals surface area contributed by atoms with Crippen LogP contribution in [0.25, 0.3) is 6.08 Å². The van der Waals surface area contributed by atoms with Gasteiger partial charge in [-0.15, -0.1) is 0 Å². The highest BCUT2D eigenvalue weighted by molar-refractivity contribution is 6.41. The number of allylic oxidation sites excluding steroid dienone is 1. The van der Waals surface area contributed by atoms with Crippen LogP contribution in [0.4, 0.5) is 0 Å². The van der Waals surface area contributed by atoms with Crippen molar-refractivity contribution in [1.82, 2.24) is 4.98 Å². The Morgan fingerprint density at radius 2 is 2.23 bits per heavy atom. The molecule has 0 N–H and O–H groups in total. The van der Waals surface area contributed by atoms with Crippen LogP contribution in [0, 0.1) is 0 Å². The molecule has 1 rings (SSSR count). The van der Waals surface area contributed by atoms with Crippen molar-refractivity contribution in [1.29, 1.82) is 0 Å². The van der Waals surface area contributed by atoms with Crippen LogP contribution in [0.2, 0.25) is 10.2 Å². The Hall–Kier alpha value is -0.860. The van der Waals surface area contributed by atoms with E-state index in [0.29, 0.717) is 5.02 Å². The van der Waals surface area contributed by atoms with E-state index in [1.165, 1.54) is 13.0 Å². The lowest BCUT2D eigenvalue weighted by atomic mass is 10.2. The zero-order valence-corrected chi connectivity index (χ0v) is 8.43. The first-order chi connectivity index (χ1) is 6.09. The zero-order chi connectivity index (χ0) is 9.84. The van der Waals surface area contributed by atoms with Crippen molar-refractivity contribution < 1.29 is 4.79 Å². The minimum atomic E-state index is -0.0222. The molecule has 0 unspecified atom stereocenters. The summed E-state index contributed by atoms with van der Waals surface area (Å²) in [6, 6.07) is 1.65. The highest BCUT2D eigenvalue weighted by Crippen LogP contribution is 2.20. The monoisotopic (exact) mass is 215 g/mol. The topological polar surface area (TPSA) is 30.0 Å². The summed E-state index contributed by atoms with van der Waals surface area (Å²) in [4.78, 5) is 14.4. The highest BCUT2D eigenvalue weighted by atomic mass is 35.5. The summed E-state index contributed by atoms with van der Waals surface area (Å²) in [5.41, 5.74) is 0.754. The van der Waals surface area contributed by atoms with Crippen molar-refractivity contribution in [3.63, 3.8) is 0 Å². The van der Waals surface area contributed by atoms with Crippen LogP contribution in [-0.2, 0) is 4.79 Å². The first-order valence-corrected chi connectivity index (χ1v) is 4.35. The molecule has 0 saturated carbocycles. The molecule has 0 radical (unpaired) electrons. The van der Waals surface area contributed by atoms with Crippen LogP contribution >= 0.6 is 23.2 Å². The van der Waals surface area contributed by atoms with Crippen LogP contribution < -0.4 is 0 Å². The molecule has 0 aliphatic carbocycles. The largest absolute Gasteiger partial charge is 0.295 e. The molecule has 0 aliphatic rings. The van der Waals surface area contributed by atoms with Gasteiger partial charge in [0.05, 0.1) is 5.02 Å². The fourth-order valence-electron chi connectivity index (χ4n) is 0.741. The molecule has 2 nitrogen and oxygen atoms in total. The average molecular weight is 216 g/mol. The number of aromatic nitrogens is 1. The predicted molar refractivity (Wildman–Crippen MR) is 54.0 cm³/mol. The summed E-state index contributed by atoms with van der Waals surface area (Å²) in [7, 11) is 0. The number of nitrogens with zero attached hydrogens (tertiary/aromatic N) is 1. The molecule has 0 aliphatic heterocycles. The van der Waals surface area contributed by atoms with Crippen molar-refractivity contribution in [2.45, 2.75) is 6.92 Å². The number of ketones is 1. The van der Waals surface area contributed by atoms with Gasteiger partial charge in [-0.05, 0) is 30.7 Å². The van der Waals surface area contributed by atoms with Gasteiger partial charge in [-0.2, -0.15) is 0 Å². The molecular formula is C9H7Cl2NO. The van der Waals surface area contributed by atoms with E-state index in [0.717, 1.165) is 5.56 Å². The van der Waals surface area contributed by atoms with E-state index in [-0.39, 0.29) is 10.9 Å². The number of hydrogen-bond acceptors (Lipinski definition) is 2. The smallest absolute Gasteiger partial charge is 0.152 e. The molecule has 0 spiro atoms. The van der Waals surface area contributed by atoms with Gasteiger partial charge in [0.1, 0.15) is 5.15 Å². The second-order valence-corrected chi connectivity index (χ2v) is 3.25. The molecule has 0 atom stereocenters. The molecule has 1 aromatic heterocycles. The maximum Gasteiger partial charge on any atom is 0.152 e. The Kier molecular flexibility index (Phi) is 3.46. The van der Waals surface area contributed by atoms with E-state index in [4.69, 9.17) is 23.2 Å². The van der Waals surface area contributed by atoms with Gasteiger partial charge in [0.15, 0.2) is 5.78 Å². The molecule has 68 valence electrons.